The summed E-state index contributed by atoms with van der Waals surface area (Å²) in [6.45, 7) is -0.315. The highest BCUT2D eigenvalue weighted by atomic mass is 19.4. The molecule has 1 atom stereocenters. The first kappa shape index (κ1) is 32.7. The number of hydrogen-bond donors (Lipinski definition) is 2. The van der Waals surface area contributed by atoms with Crippen molar-refractivity contribution in [2.75, 3.05) is 5.32 Å². The Hall–Kier alpha value is -5.23. The molecule has 2 aromatic carbocycles. The van der Waals surface area contributed by atoms with E-state index >= 15 is 0 Å². The van der Waals surface area contributed by atoms with E-state index in [0.717, 1.165) is 28.9 Å². The Morgan fingerprint density at radius 3 is 2.13 bits per heavy atom. The number of rotatable bonds is 13. The minimum Gasteiger partial charge on any atom is -0.406 e. The summed E-state index contributed by atoms with van der Waals surface area (Å²) >= 11 is 0. The largest absolute Gasteiger partial charge is 0.573 e. The van der Waals surface area contributed by atoms with E-state index in [9.17, 15) is 40.3 Å². The van der Waals surface area contributed by atoms with Gasteiger partial charge in [-0.1, -0.05) is 34.7 Å². The smallest absolute Gasteiger partial charge is 0.406 e. The van der Waals surface area contributed by atoms with Crippen LogP contribution in [0.2, 0.25) is 0 Å². The van der Waals surface area contributed by atoms with E-state index < -0.39 is 42.2 Å². The fourth-order valence-electron chi connectivity index (χ4n) is 3.87. The molecule has 12 nitrogen and oxygen atoms in total. The summed E-state index contributed by atoms with van der Waals surface area (Å²) in [4.78, 5) is 24.6. The molecule has 0 saturated carbocycles. The first-order chi connectivity index (χ1) is 21.2. The molecule has 19 heteroatoms. The average molecular weight is 645 g/mol. The number of amides is 2. The lowest BCUT2D eigenvalue weighted by atomic mass is 10.1. The number of anilines is 1. The topological polar surface area (TPSA) is 138 Å². The van der Waals surface area contributed by atoms with Crippen LogP contribution in [0.25, 0.3) is 0 Å². The highest BCUT2D eigenvalue weighted by Gasteiger charge is 2.32. The quantitative estimate of drug-likeness (QED) is 0.207. The SMILES string of the molecule is O=C(Cc1cccc(OC(F)(F)F)c1)Nc1cn(CC(F)CCn2cc(C(=O)NCc3cccc(OC(F)(F)F)c3)nn2)nn1. The maximum absolute atomic E-state index is 14.6. The molecule has 0 spiro atoms. The summed E-state index contributed by atoms with van der Waals surface area (Å²) in [5.74, 6) is -2.16. The second-order valence-corrected chi connectivity index (χ2v) is 9.38. The van der Waals surface area contributed by atoms with E-state index in [0.29, 0.717) is 5.56 Å². The number of nitrogens with zero attached hydrogens (tertiary/aromatic N) is 6. The van der Waals surface area contributed by atoms with Crippen molar-refractivity contribution in [3.63, 3.8) is 0 Å². The van der Waals surface area contributed by atoms with Gasteiger partial charge in [0, 0.05) is 19.5 Å². The molecule has 4 rings (SSSR count). The number of carbonyl (C=O) groups is 2. The van der Waals surface area contributed by atoms with Crippen LogP contribution >= 0.6 is 0 Å². The van der Waals surface area contributed by atoms with Crippen molar-refractivity contribution in [2.45, 2.75) is 51.4 Å². The molecule has 45 heavy (non-hydrogen) atoms. The normalized spacial score (nSPS) is 12.4. The highest BCUT2D eigenvalue weighted by molar-refractivity contribution is 5.92. The maximum Gasteiger partial charge on any atom is 0.573 e. The summed E-state index contributed by atoms with van der Waals surface area (Å²) in [7, 11) is 0. The van der Waals surface area contributed by atoms with Gasteiger partial charge in [0.05, 0.1) is 25.4 Å². The molecule has 0 fully saturated rings. The highest BCUT2D eigenvalue weighted by Crippen LogP contribution is 2.24. The number of alkyl halides is 7. The van der Waals surface area contributed by atoms with Crippen molar-refractivity contribution >= 4 is 17.6 Å². The Labute approximate surface area is 249 Å². The molecular formula is C26H23F7N8O4. The van der Waals surface area contributed by atoms with Gasteiger partial charge in [0.1, 0.15) is 17.7 Å². The van der Waals surface area contributed by atoms with Gasteiger partial charge in [-0.3, -0.25) is 14.3 Å². The third-order valence-corrected chi connectivity index (χ3v) is 5.72. The van der Waals surface area contributed by atoms with E-state index in [1.165, 1.54) is 41.3 Å². The summed E-state index contributed by atoms with van der Waals surface area (Å²) in [6.07, 6.45) is -8.96. The molecular weight excluding hydrogens is 621 g/mol. The standard InChI is InChI=1S/C26H23F7N8O4/c27-18(13-41-15-22(37-39-41)35-23(42)11-16-3-1-5-19(9-16)44-25(28,29)30)7-8-40-14-21(36-38-40)24(43)34-12-17-4-2-6-20(10-17)45-26(31,32)33/h1-6,9-10,14-15,18H,7-8,11-13H2,(H,34,43)(H,35,42). The molecule has 1 unspecified atom stereocenters. The molecule has 240 valence electrons. The molecule has 0 aliphatic carbocycles. The number of hydrogen-bond acceptors (Lipinski definition) is 8. The molecule has 4 aromatic rings. The molecule has 2 amide bonds. The zero-order chi connectivity index (χ0) is 32.6. The average Bonchev–Trinajstić information content (AvgIpc) is 3.58. The first-order valence-electron chi connectivity index (χ1n) is 12.9. The van der Waals surface area contributed by atoms with Crippen LogP contribution in [-0.2, 0) is 30.8 Å². The van der Waals surface area contributed by atoms with Crippen molar-refractivity contribution < 1.29 is 49.8 Å². The van der Waals surface area contributed by atoms with E-state index in [1.807, 2.05) is 0 Å². The molecule has 0 aliphatic rings. The predicted molar refractivity (Wildman–Crippen MR) is 139 cm³/mol. The lowest BCUT2D eigenvalue weighted by Crippen LogP contribution is -2.23. The van der Waals surface area contributed by atoms with Crippen LogP contribution in [0, 0.1) is 0 Å². The fraction of sp³-hybridized carbons (Fsp3) is 0.308. The minimum absolute atomic E-state index is 0.00133. The van der Waals surface area contributed by atoms with Gasteiger partial charge in [-0.15, -0.1) is 36.5 Å². The lowest BCUT2D eigenvalue weighted by Gasteiger charge is -2.10. The number of halogens is 7. The second-order valence-electron chi connectivity index (χ2n) is 9.38. The number of aryl methyl sites for hydroxylation is 1. The Morgan fingerprint density at radius 2 is 1.47 bits per heavy atom. The van der Waals surface area contributed by atoms with Gasteiger partial charge in [0.25, 0.3) is 5.91 Å². The predicted octanol–water partition coefficient (Wildman–Crippen LogP) is 4.21. The van der Waals surface area contributed by atoms with Crippen LogP contribution in [0.15, 0.2) is 60.9 Å². The Morgan fingerprint density at radius 1 is 0.844 bits per heavy atom. The fourth-order valence-corrected chi connectivity index (χ4v) is 3.87. The number of carbonyl (C=O) groups excluding carboxylic acids is 2. The van der Waals surface area contributed by atoms with Crippen molar-refractivity contribution in [3.8, 4) is 11.5 Å². The van der Waals surface area contributed by atoms with Crippen molar-refractivity contribution in [1.82, 2.24) is 35.3 Å². The van der Waals surface area contributed by atoms with Crippen LogP contribution in [0.1, 0.15) is 28.0 Å². The summed E-state index contributed by atoms with van der Waals surface area (Å²) < 4.78 is 99.1. The van der Waals surface area contributed by atoms with E-state index in [-0.39, 0.29) is 49.6 Å². The van der Waals surface area contributed by atoms with Crippen molar-refractivity contribution in [3.05, 3.63) is 77.7 Å². The monoisotopic (exact) mass is 644 g/mol. The summed E-state index contributed by atoms with van der Waals surface area (Å²) in [5, 5.41) is 19.9. The molecule has 2 aromatic heterocycles. The van der Waals surface area contributed by atoms with E-state index in [4.69, 9.17) is 0 Å². The van der Waals surface area contributed by atoms with Gasteiger partial charge in [-0.2, -0.15) is 0 Å². The number of ether oxygens (including phenoxy) is 2. The van der Waals surface area contributed by atoms with Gasteiger partial charge >= 0.3 is 12.7 Å². The molecule has 2 heterocycles. The number of aromatic nitrogens is 6. The first-order valence-corrected chi connectivity index (χ1v) is 12.9. The zero-order valence-electron chi connectivity index (χ0n) is 22.8. The number of nitrogens with one attached hydrogen (secondary N) is 2. The Kier molecular flexibility index (Phi) is 10.2. The molecule has 0 aliphatic heterocycles. The molecule has 0 bridgehead atoms. The van der Waals surface area contributed by atoms with Crippen molar-refractivity contribution in [2.24, 2.45) is 0 Å². The van der Waals surface area contributed by atoms with Gasteiger partial charge in [-0.05, 0) is 35.4 Å². The minimum atomic E-state index is -4.87. The van der Waals surface area contributed by atoms with Gasteiger partial charge in [-0.25, -0.2) is 9.07 Å². The number of benzene rings is 2. The Bertz CT molecular complexity index is 1610. The van der Waals surface area contributed by atoms with Gasteiger partial charge < -0.3 is 20.1 Å². The van der Waals surface area contributed by atoms with Crippen LogP contribution in [-0.4, -0.2) is 60.7 Å². The van der Waals surface area contributed by atoms with Gasteiger partial charge in [0.15, 0.2) is 11.5 Å². The third-order valence-electron chi connectivity index (χ3n) is 5.72. The molecule has 0 radical (unpaired) electrons. The van der Waals surface area contributed by atoms with Crippen LogP contribution < -0.4 is 20.1 Å². The van der Waals surface area contributed by atoms with E-state index in [2.05, 4.69) is 40.7 Å². The Balaban J connectivity index is 1.19. The third kappa shape index (κ3) is 11.1. The van der Waals surface area contributed by atoms with Crippen LogP contribution in [0.4, 0.5) is 36.6 Å². The summed E-state index contributed by atoms with van der Waals surface area (Å²) in [5.41, 5.74) is 0.506. The van der Waals surface area contributed by atoms with Crippen LogP contribution in [0.5, 0.6) is 11.5 Å². The van der Waals surface area contributed by atoms with E-state index in [1.54, 1.807) is 0 Å². The van der Waals surface area contributed by atoms with Crippen molar-refractivity contribution in [1.29, 1.82) is 0 Å². The van der Waals surface area contributed by atoms with Crippen LogP contribution in [0.3, 0.4) is 0 Å². The van der Waals surface area contributed by atoms with Gasteiger partial charge in [0.2, 0.25) is 5.91 Å². The lowest BCUT2D eigenvalue weighted by molar-refractivity contribution is -0.275. The molecule has 2 N–H and O–H groups in total. The maximum atomic E-state index is 14.6. The molecule has 0 saturated heterocycles. The summed E-state index contributed by atoms with van der Waals surface area (Å²) in [6, 6.07) is 10.00. The second kappa shape index (κ2) is 14.0. The zero-order valence-corrected chi connectivity index (χ0v) is 22.8.